The van der Waals surface area contributed by atoms with Crippen LogP contribution in [0.2, 0.25) is 15.1 Å². The minimum atomic E-state index is -0.150. The number of thioether (sulfide) groups is 1. The van der Waals surface area contributed by atoms with Gasteiger partial charge in [-0.15, -0.1) is 11.8 Å². The Morgan fingerprint density at radius 1 is 1.07 bits per heavy atom. The highest BCUT2D eigenvalue weighted by molar-refractivity contribution is 7.99. The van der Waals surface area contributed by atoms with Crippen molar-refractivity contribution in [2.24, 2.45) is 5.10 Å². The summed E-state index contributed by atoms with van der Waals surface area (Å²) in [5.74, 6) is 0.907. The molecule has 30 heavy (non-hydrogen) atoms. The monoisotopic (exact) mass is 479 g/mol. The lowest BCUT2D eigenvalue weighted by Crippen LogP contribution is -2.19. The van der Waals surface area contributed by atoms with E-state index in [1.54, 1.807) is 12.3 Å². The van der Waals surface area contributed by atoms with Gasteiger partial charge < -0.3 is 4.57 Å². The number of benzene rings is 2. The first-order valence-electron chi connectivity index (χ1n) is 9.13. The molecule has 0 unspecified atom stereocenters. The molecule has 0 saturated carbocycles. The molecule has 1 amide bonds. The van der Waals surface area contributed by atoms with Crippen molar-refractivity contribution in [1.29, 1.82) is 0 Å². The molecule has 0 aliphatic carbocycles. The maximum atomic E-state index is 12.0. The fraction of sp³-hybridized carbons (Fsp3) is 0.182. The van der Waals surface area contributed by atoms with Crippen LogP contribution in [0.25, 0.3) is 5.69 Å². The third-order valence-corrected chi connectivity index (χ3v) is 6.43. The fourth-order valence-electron chi connectivity index (χ4n) is 2.99. The zero-order valence-corrected chi connectivity index (χ0v) is 19.5. The SMILES string of the molecule is Cc1cc(/C=N\NC(=O)CSCc2ccc(Cl)cc2)c(C)n1-c1ccc(Cl)c(Cl)c1. The van der Waals surface area contributed by atoms with Crippen molar-refractivity contribution >= 4 is 58.7 Å². The van der Waals surface area contributed by atoms with Gasteiger partial charge in [-0.2, -0.15) is 5.10 Å². The zero-order chi connectivity index (χ0) is 21.7. The quantitative estimate of drug-likeness (QED) is 0.312. The largest absolute Gasteiger partial charge is 0.318 e. The molecule has 0 aliphatic heterocycles. The molecule has 0 bridgehead atoms. The number of halogens is 3. The van der Waals surface area contributed by atoms with Gasteiger partial charge in [0.15, 0.2) is 0 Å². The van der Waals surface area contributed by atoms with Crippen LogP contribution in [-0.4, -0.2) is 22.4 Å². The number of hydrogen-bond donors (Lipinski definition) is 1. The molecule has 2 aromatic carbocycles. The summed E-state index contributed by atoms with van der Waals surface area (Å²) >= 11 is 19.6. The Morgan fingerprint density at radius 2 is 1.80 bits per heavy atom. The number of nitrogens with one attached hydrogen (secondary N) is 1. The number of carbonyl (C=O) groups excluding carboxylic acids is 1. The first-order valence-corrected chi connectivity index (χ1v) is 11.4. The molecule has 0 spiro atoms. The molecule has 0 aliphatic rings. The topological polar surface area (TPSA) is 46.4 Å². The second-order valence-corrected chi connectivity index (χ2v) is 8.91. The Bertz CT molecular complexity index is 1080. The lowest BCUT2D eigenvalue weighted by molar-refractivity contribution is -0.118. The van der Waals surface area contributed by atoms with Crippen LogP contribution in [-0.2, 0) is 10.5 Å². The molecule has 1 N–H and O–H groups in total. The molecule has 8 heteroatoms. The predicted octanol–water partition coefficient (Wildman–Crippen LogP) is 6.44. The smallest absolute Gasteiger partial charge is 0.250 e. The molecule has 3 aromatic rings. The van der Waals surface area contributed by atoms with Gasteiger partial charge >= 0.3 is 0 Å². The summed E-state index contributed by atoms with van der Waals surface area (Å²) in [5.41, 5.74) is 7.54. The predicted molar refractivity (Wildman–Crippen MR) is 129 cm³/mol. The van der Waals surface area contributed by atoms with E-state index in [1.165, 1.54) is 11.8 Å². The van der Waals surface area contributed by atoms with Crippen LogP contribution in [0, 0.1) is 13.8 Å². The Hall–Kier alpha value is -1.92. The molecule has 4 nitrogen and oxygen atoms in total. The average molecular weight is 481 g/mol. The van der Waals surface area contributed by atoms with Crippen LogP contribution in [0.5, 0.6) is 0 Å². The van der Waals surface area contributed by atoms with Gasteiger partial charge in [-0.1, -0.05) is 46.9 Å². The minimum Gasteiger partial charge on any atom is -0.318 e. The molecule has 0 saturated heterocycles. The first-order chi connectivity index (χ1) is 14.3. The number of hydrazone groups is 1. The van der Waals surface area contributed by atoms with E-state index in [0.29, 0.717) is 20.8 Å². The van der Waals surface area contributed by atoms with Crippen molar-refractivity contribution in [2.45, 2.75) is 19.6 Å². The lowest BCUT2D eigenvalue weighted by Gasteiger charge is -2.10. The van der Waals surface area contributed by atoms with Crippen molar-refractivity contribution in [3.63, 3.8) is 0 Å². The number of rotatable bonds is 7. The van der Waals surface area contributed by atoms with Crippen LogP contribution in [0.3, 0.4) is 0 Å². The Balaban J connectivity index is 1.57. The van der Waals surface area contributed by atoms with Crippen molar-refractivity contribution in [3.8, 4) is 5.69 Å². The summed E-state index contributed by atoms with van der Waals surface area (Å²) in [6.07, 6.45) is 1.65. The highest BCUT2D eigenvalue weighted by atomic mass is 35.5. The van der Waals surface area contributed by atoms with Gasteiger partial charge in [-0.25, -0.2) is 5.43 Å². The van der Waals surface area contributed by atoms with E-state index in [4.69, 9.17) is 34.8 Å². The second kappa shape index (κ2) is 10.4. The van der Waals surface area contributed by atoms with Crippen molar-refractivity contribution in [1.82, 2.24) is 9.99 Å². The molecular formula is C22H20Cl3N3OS. The third kappa shape index (κ3) is 5.82. The van der Waals surface area contributed by atoms with E-state index in [2.05, 4.69) is 15.1 Å². The van der Waals surface area contributed by atoms with E-state index in [-0.39, 0.29) is 5.91 Å². The van der Waals surface area contributed by atoms with E-state index < -0.39 is 0 Å². The Labute approximate surface area is 195 Å². The number of aromatic nitrogens is 1. The van der Waals surface area contributed by atoms with E-state index in [0.717, 1.165) is 34.0 Å². The molecule has 1 aromatic heterocycles. The molecule has 1 heterocycles. The number of aryl methyl sites for hydroxylation is 1. The maximum absolute atomic E-state index is 12.0. The molecule has 0 radical (unpaired) electrons. The summed E-state index contributed by atoms with van der Waals surface area (Å²) in [4.78, 5) is 12.0. The van der Waals surface area contributed by atoms with Crippen molar-refractivity contribution in [3.05, 3.63) is 86.1 Å². The highest BCUT2D eigenvalue weighted by Crippen LogP contribution is 2.27. The molecule has 0 atom stereocenters. The van der Waals surface area contributed by atoms with Gasteiger partial charge in [-0.3, -0.25) is 4.79 Å². The average Bonchev–Trinajstić information content (AvgIpc) is 2.99. The summed E-state index contributed by atoms with van der Waals surface area (Å²) in [5, 5.41) is 5.82. The first kappa shape index (κ1) is 22.8. The van der Waals surface area contributed by atoms with Crippen molar-refractivity contribution < 1.29 is 4.79 Å². The Morgan fingerprint density at radius 3 is 2.50 bits per heavy atom. The summed E-state index contributed by atoms with van der Waals surface area (Å²) < 4.78 is 2.06. The molecule has 0 fully saturated rings. The maximum Gasteiger partial charge on any atom is 0.250 e. The van der Waals surface area contributed by atoms with E-state index in [1.807, 2.05) is 56.3 Å². The second-order valence-electron chi connectivity index (χ2n) is 6.67. The highest BCUT2D eigenvalue weighted by Gasteiger charge is 2.11. The summed E-state index contributed by atoms with van der Waals surface area (Å²) in [6.45, 7) is 3.99. The Kier molecular flexibility index (Phi) is 7.89. The fourth-order valence-corrected chi connectivity index (χ4v) is 4.19. The van der Waals surface area contributed by atoms with Crippen LogP contribution < -0.4 is 5.43 Å². The minimum absolute atomic E-state index is 0.150. The van der Waals surface area contributed by atoms with E-state index in [9.17, 15) is 4.79 Å². The normalized spacial score (nSPS) is 11.2. The van der Waals surface area contributed by atoms with Crippen LogP contribution in [0.4, 0.5) is 0 Å². The van der Waals surface area contributed by atoms with Gasteiger partial charge in [0, 0.05) is 33.4 Å². The van der Waals surface area contributed by atoms with Gasteiger partial charge in [0.2, 0.25) is 5.91 Å². The van der Waals surface area contributed by atoms with Gasteiger partial charge in [0.25, 0.3) is 0 Å². The lowest BCUT2D eigenvalue weighted by atomic mass is 10.2. The third-order valence-electron chi connectivity index (χ3n) is 4.44. The number of nitrogens with zero attached hydrogens (tertiary/aromatic N) is 2. The molecular weight excluding hydrogens is 461 g/mol. The number of amides is 1. The number of hydrogen-bond acceptors (Lipinski definition) is 3. The van der Waals surface area contributed by atoms with Gasteiger partial charge in [-0.05, 0) is 55.8 Å². The van der Waals surface area contributed by atoms with Gasteiger partial charge in [0.05, 0.1) is 22.0 Å². The standard InChI is InChI=1S/C22H20Cl3N3OS/c1-14-9-17(15(2)28(14)19-7-8-20(24)21(25)10-19)11-26-27-22(29)13-30-12-16-3-5-18(23)6-4-16/h3-11H,12-13H2,1-2H3,(H,27,29)/b26-11-. The van der Waals surface area contributed by atoms with Crippen LogP contribution in [0.1, 0.15) is 22.5 Å². The molecule has 3 rings (SSSR count). The molecule has 156 valence electrons. The summed E-state index contributed by atoms with van der Waals surface area (Å²) in [7, 11) is 0. The van der Waals surface area contributed by atoms with Crippen LogP contribution in [0.15, 0.2) is 53.6 Å². The zero-order valence-electron chi connectivity index (χ0n) is 16.5. The van der Waals surface area contributed by atoms with Crippen molar-refractivity contribution in [2.75, 3.05) is 5.75 Å². The summed E-state index contributed by atoms with van der Waals surface area (Å²) in [6, 6.07) is 15.1. The van der Waals surface area contributed by atoms with Crippen LogP contribution >= 0.6 is 46.6 Å². The van der Waals surface area contributed by atoms with Gasteiger partial charge in [0.1, 0.15) is 0 Å². The van der Waals surface area contributed by atoms with E-state index >= 15 is 0 Å². The number of carbonyl (C=O) groups is 1.